The van der Waals surface area contributed by atoms with Crippen molar-refractivity contribution in [2.24, 2.45) is 0 Å². The molecule has 1 aliphatic heterocycles. The van der Waals surface area contributed by atoms with Gasteiger partial charge in [-0.25, -0.2) is 4.90 Å². The number of benzene rings is 2. The molecular formula is C18H13Cl3N2O3S. The minimum absolute atomic E-state index is 0.0157. The van der Waals surface area contributed by atoms with E-state index in [1.807, 2.05) is 0 Å². The first kappa shape index (κ1) is 20.0. The van der Waals surface area contributed by atoms with Crippen molar-refractivity contribution in [2.75, 3.05) is 16.0 Å². The Morgan fingerprint density at radius 1 is 1.04 bits per heavy atom. The third-order valence-electron chi connectivity index (χ3n) is 3.75. The second-order valence-electron chi connectivity index (χ2n) is 5.75. The van der Waals surface area contributed by atoms with Crippen molar-refractivity contribution >= 4 is 75.7 Å². The van der Waals surface area contributed by atoms with Gasteiger partial charge >= 0.3 is 0 Å². The van der Waals surface area contributed by atoms with Crippen LogP contribution in [-0.4, -0.2) is 28.7 Å². The lowest BCUT2D eigenvalue weighted by molar-refractivity contribution is -0.121. The van der Waals surface area contributed by atoms with E-state index in [0.29, 0.717) is 26.4 Å². The Labute approximate surface area is 174 Å². The quantitative estimate of drug-likeness (QED) is 0.683. The summed E-state index contributed by atoms with van der Waals surface area (Å²) in [5.41, 5.74) is 0.935. The Bertz CT molecular complexity index is 885. The lowest BCUT2D eigenvalue weighted by Gasteiger charge is -2.15. The molecular weight excluding hydrogens is 431 g/mol. The molecule has 0 aliphatic carbocycles. The number of halogens is 3. The molecule has 0 spiro atoms. The molecule has 0 saturated carbocycles. The van der Waals surface area contributed by atoms with Crippen molar-refractivity contribution in [1.29, 1.82) is 0 Å². The number of nitrogens with zero attached hydrogens (tertiary/aromatic N) is 1. The summed E-state index contributed by atoms with van der Waals surface area (Å²) >= 11 is 18.8. The molecule has 1 heterocycles. The van der Waals surface area contributed by atoms with Crippen LogP contribution in [0.25, 0.3) is 0 Å². The van der Waals surface area contributed by atoms with Crippen LogP contribution in [0.5, 0.6) is 0 Å². The Balaban J connectivity index is 1.61. The molecule has 3 amide bonds. The van der Waals surface area contributed by atoms with Gasteiger partial charge in [0.25, 0.3) is 0 Å². The number of imide groups is 1. The summed E-state index contributed by atoms with van der Waals surface area (Å²) in [6.45, 7) is 0. The fourth-order valence-corrected chi connectivity index (χ4v) is 4.15. The van der Waals surface area contributed by atoms with Gasteiger partial charge in [-0.2, -0.15) is 0 Å². The summed E-state index contributed by atoms with van der Waals surface area (Å²) in [6, 6.07) is 11.2. The van der Waals surface area contributed by atoms with E-state index in [4.69, 9.17) is 34.8 Å². The Morgan fingerprint density at radius 2 is 1.67 bits per heavy atom. The average molecular weight is 444 g/mol. The van der Waals surface area contributed by atoms with E-state index in [2.05, 4.69) is 5.32 Å². The summed E-state index contributed by atoms with van der Waals surface area (Å²) < 4.78 is 0. The first-order valence-electron chi connectivity index (χ1n) is 7.83. The first-order chi connectivity index (χ1) is 12.8. The topological polar surface area (TPSA) is 66.5 Å². The molecule has 140 valence electrons. The second-order valence-corrected chi connectivity index (χ2v) is 8.25. The van der Waals surface area contributed by atoms with Crippen molar-refractivity contribution in [3.63, 3.8) is 0 Å². The molecule has 2 aromatic carbocycles. The summed E-state index contributed by atoms with van der Waals surface area (Å²) in [7, 11) is 0. The molecule has 0 aromatic heterocycles. The summed E-state index contributed by atoms with van der Waals surface area (Å²) in [5.74, 6) is -0.973. The second kappa shape index (κ2) is 8.52. The predicted molar refractivity (Wildman–Crippen MR) is 110 cm³/mol. The number of thioether (sulfide) groups is 1. The van der Waals surface area contributed by atoms with Gasteiger partial charge in [0.05, 0.1) is 16.7 Å². The van der Waals surface area contributed by atoms with Gasteiger partial charge in [-0.05, 0) is 42.5 Å². The van der Waals surface area contributed by atoms with E-state index in [9.17, 15) is 14.4 Å². The molecule has 1 atom stereocenters. The molecule has 0 bridgehead atoms. The van der Waals surface area contributed by atoms with Crippen LogP contribution in [0.3, 0.4) is 0 Å². The maximum absolute atomic E-state index is 12.6. The maximum Gasteiger partial charge on any atom is 0.247 e. The molecule has 1 saturated heterocycles. The van der Waals surface area contributed by atoms with E-state index in [1.54, 1.807) is 24.3 Å². The highest BCUT2D eigenvalue weighted by molar-refractivity contribution is 8.01. The molecule has 1 unspecified atom stereocenters. The van der Waals surface area contributed by atoms with Crippen molar-refractivity contribution in [2.45, 2.75) is 11.7 Å². The van der Waals surface area contributed by atoms with E-state index in [0.717, 1.165) is 16.7 Å². The van der Waals surface area contributed by atoms with Crippen LogP contribution < -0.4 is 10.2 Å². The zero-order chi connectivity index (χ0) is 19.6. The highest BCUT2D eigenvalue weighted by Crippen LogP contribution is 2.33. The van der Waals surface area contributed by atoms with Gasteiger partial charge in [-0.1, -0.05) is 34.8 Å². The number of hydrogen-bond acceptors (Lipinski definition) is 4. The fourth-order valence-electron chi connectivity index (χ4n) is 2.58. The molecule has 5 nitrogen and oxygen atoms in total. The summed E-state index contributed by atoms with van der Waals surface area (Å²) in [4.78, 5) is 38.0. The highest BCUT2D eigenvalue weighted by Gasteiger charge is 2.40. The van der Waals surface area contributed by atoms with Gasteiger partial charge in [0.1, 0.15) is 0 Å². The number of carbonyl (C=O) groups excluding carboxylic acids is 3. The molecule has 27 heavy (non-hydrogen) atoms. The Morgan fingerprint density at radius 3 is 2.30 bits per heavy atom. The third kappa shape index (κ3) is 4.96. The van der Waals surface area contributed by atoms with Crippen LogP contribution in [0, 0.1) is 0 Å². The first-order valence-corrected chi connectivity index (χ1v) is 10.0. The van der Waals surface area contributed by atoms with Crippen LogP contribution in [-0.2, 0) is 14.4 Å². The minimum atomic E-state index is -0.633. The van der Waals surface area contributed by atoms with Gasteiger partial charge in [0, 0.05) is 27.2 Å². The van der Waals surface area contributed by atoms with Crippen molar-refractivity contribution in [3.8, 4) is 0 Å². The molecule has 1 N–H and O–H groups in total. The van der Waals surface area contributed by atoms with Gasteiger partial charge in [-0.15, -0.1) is 11.8 Å². The highest BCUT2D eigenvalue weighted by atomic mass is 35.5. The predicted octanol–water partition coefficient (Wildman–Crippen LogP) is 4.65. The monoisotopic (exact) mass is 442 g/mol. The normalized spacial score (nSPS) is 16.7. The van der Waals surface area contributed by atoms with Crippen LogP contribution >= 0.6 is 46.6 Å². The third-order valence-corrected chi connectivity index (χ3v) is 5.64. The number of amides is 3. The van der Waals surface area contributed by atoms with Crippen LogP contribution in [0.4, 0.5) is 11.4 Å². The molecule has 1 fully saturated rings. The number of carbonyl (C=O) groups is 3. The van der Waals surface area contributed by atoms with E-state index in [1.165, 1.54) is 18.2 Å². The zero-order valence-corrected chi connectivity index (χ0v) is 16.8. The molecule has 3 rings (SSSR count). The Hall–Kier alpha value is -1.73. The van der Waals surface area contributed by atoms with Crippen LogP contribution in [0.15, 0.2) is 42.5 Å². The average Bonchev–Trinajstić information content (AvgIpc) is 2.88. The SMILES string of the molecule is O=C(CSC1CC(=O)N(c2cc(Cl)cc(Cl)c2)C1=O)Nc1ccc(Cl)cc1. The van der Waals surface area contributed by atoms with E-state index < -0.39 is 5.25 Å². The van der Waals surface area contributed by atoms with E-state index in [-0.39, 0.29) is 29.9 Å². The number of rotatable bonds is 5. The maximum atomic E-state index is 12.6. The number of anilines is 2. The van der Waals surface area contributed by atoms with Gasteiger partial charge in [0.2, 0.25) is 17.7 Å². The van der Waals surface area contributed by atoms with Crippen LogP contribution in [0.2, 0.25) is 15.1 Å². The molecule has 2 aromatic rings. The van der Waals surface area contributed by atoms with Gasteiger partial charge in [-0.3, -0.25) is 14.4 Å². The van der Waals surface area contributed by atoms with Crippen molar-refractivity contribution in [3.05, 3.63) is 57.5 Å². The number of hydrogen-bond donors (Lipinski definition) is 1. The molecule has 1 aliphatic rings. The lowest BCUT2D eigenvalue weighted by atomic mass is 10.3. The van der Waals surface area contributed by atoms with Crippen LogP contribution in [0.1, 0.15) is 6.42 Å². The largest absolute Gasteiger partial charge is 0.325 e. The summed E-state index contributed by atoms with van der Waals surface area (Å²) in [6.07, 6.45) is 0.0157. The zero-order valence-electron chi connectivity index (χ0n) is 13.7. The van der Waals surface area contributed by atoms with Crippen molar-refractivity contribution < 1.29 is 14.4 Å². The lowest BCUT2D eigenvalue weighted by Crippen LogP contribution is -2.31. The van der Waals surface area contributed by atoms with E-state index >= 15 is 0 Å². The van der Waals surface area contributed by atoms with Gasteiger partial charge in [0.15, 0.2) is 0 Å². The minimum Gasteiger partial charge on any atom is -0.325 e. The van der Waals surface area contributed by atoms with Gasteiger partial charge < -0.3 is 5.32 Å². The summed E-state index contributed by atoms with van der Waals surface area (Å²) in [5, 5.41) is 3.31. The Kier molecular flexibility index (Phi) is 6.32. The molecule has 9 heteroatoms. The standard InChI is InChI=1S/C18H13Cl3N2O3S/c19-10-1-3-13(4-2-10)22-16(24)9-27-15-8-17(25)23(18(15)26)14-6-11(20)5-12(21)7-14/h1-7,15H,8-9H2,(H,22,24). The molecule has 0 radical (unpaired) electrons. The van der Waals surface area contributed by atoms with Crippen molar-refractivity contribution in [1.82, 2.24) is 0 Å². The smallest absolute Gasteiger partial charge is 0.247 e. The number of nitrogens with one attached hydrogen (secondary N) is 1. The fraction of sp³-hybridized carbons (Fsp3) is 0.167.